The Bertz CT molecular complexity index is 1150. The maximum atomic E-state index is 12.5. The molecule has 0 unspecified atom stereocenters. The highest BCUT2D eigenvalue weighted by Gasteiger charge is 2.10. The zero-order valence-corrected chi connectivity index (χ0v) is 16.5. The first-order valence-electron chi connectivity index (χ1n) is 9.25. The van der Waals surface area contributed by atoms with E-state index in [9.17, 15) is 4.79 Å². The van der Waals surface area contributed by atoms with E-state index >= 15 is 0 Å². The van der Waals surface area contributed by atoms with Crippen molar-refractivity contribution in [3.8, 4) is 28.7 Å². The van der Waals surface area contributed by atoms with Crippen LogP contribution in [0.3, 0.4) is 0 Å². The van der Waals surface area contributed by atoms with E-state index in [2.05, 4.69) is 15.5 Å². The molecule has 1 aromatic heterocycles. The van der Waals surface area contributed by atoms with Gasteiger partial charge in [-0.15, -0.1) is 0 Å². The highest BCUT2D eigenvalue weighted by Crippen LogP contribution is 2.31. The van der Waals surface area contributed by atoms with Crippen LogP contribution in [0.15, 0.2) is 77.3 Å². The molecule has 1 heterocycles. The third-order valence-corrected chi connectivity index (χ3v) is 4.33. The summed E-state index contributed by atoms with van der Waals surface area (Å²) in [5.41, 5.74) is 1.93. The van der Waals surface area contributed by atoms with Crippen LogP contribution in [0.2, 0.25) is 0 Å². The fourth-order valence-electron chi connectivity index (χ4n) is 2.82. The summed E-state index contributed by atoms with van der Waals surface area (Å²) in [4.78, 5) is 16.7. The molecule has 1 amide bonds. The number of hydrogen-bond acceptors (Lipinski definition) is 6. The maximum Gasteiger partial charge on any atom is 0.257 e. The van der Waals surface area contributed by atoms with Crippen molar-refractivity contribution in [3.63, 3.8) is 0 Å². The zero-order chi connectivity index (χ0) is 20.9. The first-order valence-corrected chi connectivity index (χ1v) is 9.25. The summed E-state index contributed by atoms with van der Waals surface area (Å²) < 4.78 is 16.3. The average Bonchev–Trinajstić information content (AvgIpc) is 3.22. The van der Waals surface area contributed by atoms with Gasteiger partial charge in [-0.05, 0) is 67.6 Å². The number of ether oxygens (including phenoxy) is 2. The van der Waals surface area contributed by atoms with Crippen LogP contribution in [-0.2, 0) is 0 Å². The maximum absolute atomic E-state index is 12.5. The van der Waals surface area contributed by atoms with Crippen molar-refractivity contribution in [2.24, 2.45) is 0 Å². The quantitative estimate of drug-likeness (QED) is 0.484. The van der Waals surface area contributed by atoms with Gasteiger partial charge in [-0.1, -0.05) is 17.3 Å². The van der Waals surface area contributed by atoms with Gasteiger partial charge < -0.3 is 19.3 Å². The van der Waals surface area contributed by atoms with Gasteiger partial charge in [-0.25, -0.2) is 0 Å². The second-order valence-corrected chi connectivity index (χ2v) is 6.46. The highest BCUT2D eigenvalue weighted by atomic mass is 16.5. The van der Waals surface area contributed by atoms with E-state index in [0.29, 0.717) is 40.2 Å². The fraction of sp³-hybridized carbons (Fsp3) is 0.0870. The Morgan fingerprint density at radius 2 is 1.63 bits per heavy atom. The summed E-state index contributed by atoms with van der Waals surface area (Å²) in [6, 6.07) is 21.5. The summed E-state index contributed by atoms with van der Waals surface area (Å²) in [6.45, 7) is 1.75. The van der Waals surface area contributed by atoms with Crippen LogP contribution in [0, 0.1) is 6.92 Å². The van der Waals surface area contributed by atoms with Crippen LogP contribution in [0.25, 0.3) is 11.5 Å². The largest absolute Gasteiger partial charge is 0.493 e. The number of hydrogen-bond donors (Lipinski definition) is 1. The lowest BCUT2D eigenvalue weighted by molar-refractivity contribution is 0.102. The van der Waals surface area contributed by atoms with Crippen molar-refractivity contribution in [1.82, 2.24) is 10.1 Å². The number of methoxy groups -OCH3 is 1. The summed E-state index contributed by atoms with van der Waals surface area (Å²) in [6.07, 6.45) is 0. The van der Waals surface area contributed by atoms with E-state index in [0.717, 1.165) is 5.56 Å². The molecule has 0 spiro atoms. The molecule has 7 heteroatoms. The minimum atomic E-state index is -0.221. The monoisotopic (exact) mass is 401 g/mol. The molecule has 0 aliphatic rings. The third kappa shape index (κ3) is 4.30. The minimum Gasteiger partial charge on any atom is -0.493 e. The predicted molar refractivity (Wildman–Crippen MR) is 112 cm³/mol. The lowest BCUT2D eigenvalue weighted by atomic mass is 10.1. The van der Waals surface area contributed by atoms with E-state index in [1.165, 1.54) is 0 Å². The number of carbonyl (C=O) groups excluding carboxylic acids is 1. The molecule has 0 saturated heterocycles. The van der Waals surface area contributed by atoms with Gasteiger partial charge in [0.1, 0.15) is 5.75 Å². The van der Waals surface area contributed by atoms with Crippen LogP contribution in [0.5, 0.6) is 17.2 Å². The number of para-hydroxylation sites is 2. The molecule has 0 bridgehead atoms. The number of nitrogens with zero attached hydrogens (tertiary/aromatic N) is 2. The van der Waals surface area contributed by atoms with Crippen LogP contribution in [0.4, 0.5) is 5.69 Å². The number of aryl methyl sites for hydroxylation is 1. The van der Waals surface area contributed by atoms with E-state index in [-0.39, 0.29) is 5.91 Å². The van der Waals surface area contributed by atoms with Gasteiger partial charge in [0, 0.05) is 16.8 Å². The second-order valence-electron chi connectivity index (χ2n) is 6.46. The number of aromatic nitrogens is 2. The van der Waals surface area contributed by atoms with Crippen molar-refractivity contribution < 1.29 is 18.8 Å². The molecule has 0 fully saturated rings. The zero-order valence-electron chi connectivity index (χ0n) is 16.5. The number of nitrogens with one attached hydrogen (secondary N) is 1. The van der Waals surface area contributed by atoms with Crippen molar-refractivity contribution in [3.05, 3.63) is 84.2 Å². The molecule has 3 aromatic carbocycles. The average molecular weight is 401 g/mol. The molecule has 0 radical (unpaired) electrons. The topological polar surface area (TPSA) is 86.5 Å². The Morgan fingerprint density at radius 3 is 2.27 bits per heavy atom. The fourth-order valence-corrected chi connectivity index (χ4v) is 2.82. The Morgan fingerprint density at radius 1 is 0.933 bits per heavy atom. The first-order chi connectivity index (χ1) is 14.6. The molecule has 0 atom stereocenters. The summed E-state index contributed by atoms with van der Waals surface area (Å²) >= 11 is 0. The molecule has 7 nitrogen and oxygen atoms in total. The van der Waals surface area contributed by atoms with Crippen LogP contribution in [-0.4, -0.2) is 23.2 Å². The van der Waals surface area contributed by atoms with Gasteiger partial charge >= 0.3 is 0 Å². The standard InChI is InChI=1S/C23H19N3O4/c1-15-24-23(30-26-15)17-9-7-16(8-10-17)22(27)25-18-11-13-19(14-12-18)29-21-6-4-3-5-20(21)28-2/h3-14H,1-2H3,(H,25,27). The Labute approximate surface area is 173 Å². The number of amides is 1. The molecule has 4 rings (SSSR count). The molecule has 150 valence electrons. The lowest BCUT2D eigenvalue weighted by Gasteiger charge is -2.11. The minimum absolute atomic E-state index is 0.221. The van der Waals surface area contributed by atoms with Crippen LogP contribution in [0.1, 0.15) is 16.2 Å². The summed E-state index contributed by atoms with van der Waals surface area (Å²) in [7, 11) is 1.59. The van der Waals surface area contributed by atoms with E-state index < -0.39 is 0 Å². The van der Waals surface area contributed by atoms with Crippen molar-refractivity contribution in [1.29, 1.82) is 0 Å². The molecular weight excluding hydrogens is 382 g/mol. The molecule has 30 heavy (non-hydrogen) atoms. The van der Waals surface area contributed by atoms with E-state index in [1.54, 1.807) is 62.6 Å². The number of rotatable bonds is 6. The van der Waals surface area contributed by atoms with Crippen LogP contribution < -0.4 is 14.8 Å². The van der Waals surface area contributed by atoms with Gasteiger partial charge in [0.05, 0.1) is 7.11 Å². The summed E-state index contributed by atoms with van der Waals surface area (Å²) in [5, 5.41) is 6.63. The van der Waals surface area contributed by atoms with Gasteiger partial charge in [0.15, 0.2) is 17.3 Å². The molecule has 0 aliphatic heterocycles. The Kier molecular flexibility index (Phi) is 5.43. The van der Waals surface area contributed by atoms with Gasteiger partial charge in [-0.3, -0.25) is 4.79 Å². The van der Waals surface area contributed by atoms with E-state index in [1.807, 2.05) is 24.3 Å². The summed E-state index contributed by atoms with van der Waals surface area (Å²) in [5.74, 6) is 2.66. The normalized spacial score (nSPS) is 10.5. The Hall–Kier alpha value is -4.13. The van der Waals surface area contributed by atoms with Gasteiger partial charge in [-0.2, -0.15) is 4.98 Å². The molecule has 0 saturated carbocycles. The molecule has 4 aromatic rings. The van der Waals surface area contributed by atoms with Crippen molar-refractivity contribution in [2.75, 3.05) is 12.4 Å². The van der Waals surface area contributed by atoms with Crippen molar-refractivity contribution in [2.45, 2.75) is 6.92 Å². The number of anilines is 1. The second kappa shape index (κ2) is 8.48. The predicted octanol–water partition coefficient (Wildman–Crippen LogP) is 5.10. The number of carbonyl (C=O) groups is 1. The molecule has 1 N–H and O–H groups in total. The highest BCUT2D eigenvalue weighted by molar-refractivity contribution is 6.04. The van der Waals surface area contributed by atoms with E-state index in [4.69, 9.17) is 14.0 Å². The van der Waals surface area contributed by atoms with Crippen LogP contribution >= 0.6 is 0 Å². The molecule has 0 aliphatic carbocycles. The lowest BCUT2D eigenvalue weighted by Crippen LogP contribution is -2.11. The third-order valence-electron chi connectivity index (χ3n) is 4.33. The first kappa shape index (κ1) is 19.2. The number of benzene rings is 3. The van der Waals surface area contributed by atoms with Crippen molar-refractivity contribution >= 4 is 11.6 Å². The Balaban J connectivity index is 1.41. The van der Waals surface area contributed by atoms with Gasteiger partial charge in [0.25, 0.3) is 11.8 Å². The smallest absolute Gasteiger partial charge is 0.257 e. The SMILES string of the molecule is COc1ccccc1Oc1ccc(NC(=O)c2ccc(-c3nc(C)no3)cc2)cc1. The molecular formula is C23H19N3O4. The van der Waals surface area contributed by atoms with Gasteiger partial charge in [0.2, 0.25) is 0 Å².